The van der Waals surface area contributed by atoms with Crippen LogP contribution in [0.4, 0.5) is 0 Å². The number of esters is 2. The quantitative estimate of drug-likeness (QED) is 0.0146. The molecule has 0 saturated heterocycles. The lowest BCUT2D eigenvalue weighted by molar-refractivity contribution is -0.220. The molecule has 0 aliphatic heterocycles. The van der Waals surface area contributed by atoms with Crippen LogP contribution in [0.5, 0.6) is 0 Å². The summed E-state index contributed by atoms with van der Waals surface area (Å²) >= 11 is 0. The zero-order valence-corrected chi connectivity index (χ0v) is 41.9. The van der Waals surface area contributed by atoms with E-state index in [4.69, 9.17) is 18.5 Å². The van der Waals surface area contributed by atoms with Crippen molar-refractivity contribution in [2.75, 3.05) is 13.2 Å². The van der Waals surface area contributed by atoms with Crippen molar-refractivity contribution in [3.63, 3.8) is 0 Å². The predicted molar refractivity (Wildman–Crippen MR) is 263 cm³/mol. The monoisotopic (exact) mass is 957 g/mol. The SMILES string of the molecule is CC/C=C/C=C/C=C/C=C/CCCCCCCC(=O)O[C@@H](COC(=O)CCCCCCCCCCCCCCCCCCCCCCCC)COP(=O)(O)OC1C(O)C(O)C(O)[C@H](O)C1O. The molecule has 1 aliphatic rings. The van der Waals surface area contributed by atoms with Gasteiger partial charge in [-0.15, -0.1) is 0 Å². The summed E-state index contributed by atoms with van der Waals surface area (Å²) in [5.41, 5.74) is 0. The Balaban J connectivity index is 2.37. The first kappa shape index (κ1) is 61.8. The molecule has 0 heterocycles. The van der Waals surface area contributed by atoms with Crippen LogP contribution < -0.4 is 0 Å². The number of rotatable bonds is 43. The van der Waals surface area contributed by atoms with Crippen molar-refractivity contribution < 1.29 is 63.1 Å². The van der Waals surface area contributed by atoms with Gasteiger partial charge in [0.05, 0.1) is 6.61 Å². The van der Waals surface area contributed by atoms with Crippen molar-refractivity contribution >= 4 is 19.8 Å². The molecular weight excluding hydrogens is 864 g/mol. The van der Waals surface area contributed by atoms with E-state index in [0.717, 1.165) is 57.8 Å². The highest BCUT2D eigenvalue weighted by Crippen LogP contribution is 2.47. The summed E-state index contributed by atoms with van der Waals surface area (Å²) in [6, 6.07) is 0. The molecule has 0 aromatic carbocycles. The first-order valence-electron chi connectivity index (χ1n) is 26.0. The van der Waals surface area contributed by atoms with Gasteiger partial charge in [-0.2, -0.15) is 0 Å². The molecular formula is C52H93O13P. The summed E-state index contributed by atoms with van der Waals surface area (Å²) in [7, 11) is -5.13. The van der Waals surface area contributed by atoms with Gasteiger partial charge in [0.15, 0.2) is 6.10 Å². The molecule has 8 atom stereocenters. The van der Waals surface area contributed by atoms with Crippen LogP contribution in [-0.4, -0.2) is 98.3 Å². The lowest BCUT2D eigenvalue weighted by atomic mass is 9.85. The molecule has 1 rings (SSSR count). The summed E-state index contributed by atoms with van der Waals surface area (Å²) in [6.45, 7) is 3.17. The third-order valence-corrected chi connectivity index (χ3v) is 13.0. The number of hydrogen-bond donors (Lipinski definition) is 6. The molecule has 0 aromatic heterocycles. The number of aliphatic hydroxyl groups is 5. The number of carbonyl (C=O) groups excluding carboxylic acids is 2. The van der Waals surface area contributed by atoms with E-state index in [-0.39, 0.29) is 12.8 Å². The highest BCUT2D eigenvalue weighted by molar-refractivity contribution is 7.47. The molecule has 14 heteroatoms. The Morgan fingerprint density at radius 3 is 1.32 bits per heavy atom. The molecule has 66 heavy (non-hydrogen) atoms. The molecule has 1 aliphatic carbocycles. The average Bonchev–Trinajstić information content (AvgIpc) is 3.30. The van der Waals surface area contributed by atoms with E-state index in [1.54, 1.807) is 0 Å². The maximum absolute atomic E-state index is 12.8. The Kier molecular flexibility index (Phi) is 39.1. The summed E-state index contributed by atoms with van der Waals surface area (Å²) in [5, 5.41) is 50.2. The molecule has 0 bridgehead atoms. The van der Waals surface area contributed by atoms with Gasteiger partial charge in [0.2, 0.25) is 0 Å². The Hall–Kier alpha value is -2.19. The van der Waals surface area contributed by atoms with E-state index >= 15 is 0 Å². The van der Waals surface area contributed by atoms with E-state index in [9.17, 15) is 44.6 Å². The van der Waals surface area contributed by atoms with Gasteiger partial charge in [0.25, 0.3) is 0 Å². The number of phosphoric ester groups is 1. The van der Waals surface area contributed by atoms with Gasteiger partial charge in [-0.3, -0.25) is 18.6 Å². The van der Waals surface area contributed by atoms with Gasteiger partial charge in [-0.25, -0.2) is 4.57 Å². The van der Waals surface area contributed by atoms with Crippen LogP contribution in [0, 0.1) is 0 Å². The minimum atomic E-state index is -5.13. The van der Waals surface area contributed by atoms with Crippen LogP contribution in [0.1, 0.15) is 213 Å². The highest BCUT2D eigenvalue weighted by atomic mass is 31.2. The van der Waals surface area contributed by atoms with Crippen molar-refractivity contribution in [1.82, 2.24) is 0 Å². The third-order valence-electron chi connectivity index (χ3n) is 12.0. The van der Waals surface area contributed by atoms with Crippen molar-refractivity contribution in [3.05, 3.63) is 48.6 Å². The fraction of sp³-hybridized carbons (Fsp3) is 0.808. The Labute approximate surface area is 399 Å². The molecule has 0 spiro atoms. The number of hydrogen-bond acceptors (Lipinski definition) is 12. The van der Waals surface area contributed by atoms with Gasteiger partial charge in [-0.05, 0) is 32.1 Å². The summed E-state index contributed by atoms with van der Waals surface area (Å²) in [5.74, 6) is -1.12. The smallest absolute Gasteiger partial charge is 0.462 e. The molecule has 0 aromatic rings. The fourth-order valence-corrected chi connectivity index (χ4v) is 8.86. The number of aliphatic hydroxyl groups excluding tert-OH is 5. The molecule has 0 radical (unpaired) electrons. The lowest BCUT2D eigenvalue weighted by Crippen LogP contribution is -2.64. The standard InChI is InChI=1S/C52H93O13P/c1-3-5-7-9-11-13-15-17-19-20-21-22-23-24-25-27-28-30-32-34-36-38-40-45(53)62-42-44(43-63-66(60,61)65-52-50(58)48(56)47(55)49(57)51(52)59)64-46(54)41-39-37-35-33-31-29-26-18-16-14-12-10-8-6-4-2/h6,8,10,12,14,16,18,26,44,47-52,55-59H,3-5,7,9,11,13,15,17,19-25,27-43H2,1-2H3,(H,60,61)/b8-6+,12-10+,16-14+,26-18+/t44-,47?,48-,49?,50?,51?,52?/m0/s1. The molecule has 0 amide bonds. The van der Waals surface area contributed by atoms with E-state index < -0.39 is 75.7 Å². The topological polar surface area (TPSA) is 210 Å². The Morgan fingerprint density at radius 2 is 0.864 bits per heavy atom. The zero-order valence-electron chi connectivity index (χ0n) is 41.0. The van der Waals surface area contributed by atoms with Crippen LogP contribution in [0.15, 0.2) is 48.6 Å². The maximum atomic E-state index is 12.8. The maximum Gasteiger partial charge on any atom is 0.472 e. The number of ether oxygens (including phenoxy) is 2. The third kappa shape index (κ3) is 33.3. The van der Waals surface area contributed by atoms with Crippen molar-refractivity contribution in [3.8, 4) is 0 Å². The number of phosphoric acid groups is 1. The van der Waals surface area contributed by atoms with Crippen LogP contribution >= 0.6 is 7.82 Å². The number of allylic oxidation sites excluding steroid dienone is 8. The minimum absolute atomic E-state index is 0.0709. The van der Waals surface area contributed by atoms with Crippen LogP contribution in [0.25, 0.3) is 0 Å². The van der Waals surface area contributed by atoms with Gasteiger partial charge in [0.1, 0.15) is 43.2 Å². The van der Waals surface area contributed by atoms with Gasteiger partial charge >= 0.3 is 19.8 Å². The molecule has 13 nitrogen and oxygen atoms in total. The minimum Gasteiger partial charge on any atom is -0.462 e. The molecule has 1 fully saturated rings. The average molecular weight is 957 g/mol. The van der Waals surface area contributed by atoms with E-state index in [0.29, 0.717) is 12.8 Å². The van der Waals surface area contributed by atoms with Crippen molar-refractivity contribution in [2.45, 2.75) is 256 Å². The molecule has 6 unspecified atom stereocenters. The highest BCUT2D eigenvalue weighted by Gasteiger charge is 2.51. The zero-order chi connectivity index (χ0) is 48.5. The predicted octanol–water partition coefficient (Wildman–Crippen LogP) is 11.1. The van der Waals surface area contributed by atoms with Crippen LogP contribution in [0.2, 0.25) is 0 Å². The first-order valence-corrected chi connectivity index (χ1v) is 27.5. The second-order valence-corrected chi connectivity index (χ2v) is 19.5. The Morgan fingerprint density at radius 1 is 0.485 bits per heavy atom. The van der Waals surface area contributed by atoms with E-state index in [2.05, 4.69) is 26.0 Å². The molecule has 384 valence electrons. The van der Waals surface area contributed by atoms with E-state index in [1.807, 2.05) is 36.5 Å². The summed E-state index contributed by atoms with van der Waals surface area (Å²) in [4.78, 5) is 35.8. The van der Waals surface area contributed by atoms with Gasteiger partial charge in [-0.1, -0.05) is 217 Å². The van der Waals surface area contributed by atoms with Crippen molar-refractivity contribution in [1.29, 1.82) is 0 Å². The number of carbonyl (C=O) groups is 2. The summed E-state index contributed by atoms with van der Waals surface area (Å²) < 4.78 is 33.6. The first-order chi connectivity index (χ1) is 31.9. The van der Waals surface area contributed by atoms with Crippen LogP contribution in [-0.2, 0) is 32.7 Å². The lowest BCUT2D eigenvalue weighted by Gasteiger charge is -2.41. The number of unbranched alkanes of at least 4 members (excludes halogenated alkanes) is 26. The second-order valence-electron chi connectivity index (χ2n) is 18.1. The van der Waals surface area contributed by atoms with Crippen LogP contribution in [0.3, 0.4) is 0 Å². The fourth-order valence-electron chi connectivity index (χ4n) is 7.89. The van der Waals surface area contributed by atoms with E-state index in [1.165, 1.54) is 116 Å². The molecule has 1 saturated carbocycles. The van der Waals surface area contributed by atoms with Crippen molar-refractivity contribution in [2.24, 2.45) is 0 Å². The van der Waals surface area contributed by atoms with Gasteiger partial charge < -0.3 is 39.9 Å². The van der Waals surface area contributed by atoms with Gasteiger partial charge in [0, 0.05) is 12.8 Å². The largest absolute Gasteiger partial charge is 0.472 e. The second kappa shape index (κ2) is 41.8. The summed E-state index contributed by atoms with van der Waals surface area (Å²) in [6.07, 6.45) is 37.4. The Bertz CT molecular complexity index is 1340. The molecule has 6 N–H and O–H groups in total. The normalized spacial score (nSPS) is 21.6.